The summed E-state index contributed by atoms with van der Waals surface area (Å²) >= 11 is 0. The first-order valence-corrected chi connectivity index (χ1v) is 6.45. The van der Waals surface area contributed by atoms with E-state index in [4.69, 9.17) is 5.73 Å². The number of nitrogens with two attached hydrogens (primary N) is 1. The maximum absolute atomic E-state index is 11.3. The van der Waals surface area contributed by atoms with E-state index in [0.717, 1.165) is 25.7 Å². The van der Waals surface area contributed by atoms with Crippen LogP contribution in [0.3, 0.4) is 0 Å². The van der Waals surface area contributed by atoms with Crippen molar-refractivity contribution < 1.29 is 14.3 Å². The van der Waals surface area contributed by atoms with Gasteiger partial charge in [0.2, 0.25) is 0 Å². The van der Waals surface area contributed by atoms with Gasteiger partial charge in [-0.15, -0.1) is 0 Å². The van der Waals surface area contributed by atoms with Gasteiger partial charge in [-0.3, -0.25) is 0 Å². The molecular formula is C12H23N3O3. The van der Waals surface area contributed by atoms with E-state index in [1.54, 1.807) is 4.90 Å². The summed E-state index contributed by atoms with van der Waals surface area (Å²) in [6, 6.07) is -0.492. The van der Waals surface area contributed by atoms with Crippen LogP contribution in [-0.4, -0.2) is 43.3 Å². The highest BCUT2D eigenvalue weighted by atomic mass is 16.5. The summed E-state index contributed by atoms with van der Waals surface area (Å²) in [7, 11) is 1.33. The van der Waals surface area contributed by atoms with Crippen LogP contribution in [0, 0.1) is 5.92 Å². The second-order valence-electron chi connectivity index (χ2n) is 4.82. The van der Waals surface area contributed by atoms with Gasteiger partial charge in [0.05, 0.1) is 13.2 Å². The van der Waals surface area contributed by atoms with Crippen molar-refractivity contribution >= 4 is 12.1 Å². The largest absolute Gasteiger partial charge is 0.453 e. The third-order valence-electron chi connectivity index (χ3n) is 3.32. The Hall–Kier alpha value is -1.46. The summed E-state index contributed by atoms with van der Waals surface area (Å²) in [5.41, 5.74) is 5.33. The zero-order valence-corrected chi connectivity index (χ0v) is 11.1. The average Bonchev–Trinajstić information content (AvgIpc) is 2.35. The molecule has 2 unspecified atom stereocenters. The van der Waals surface area contributed by atoms with E-state index in [9.17, 15) is 9.59 Å². The SMILES string of the molecule is CCCCC1CC(NC(=O)OC)CN(C(N)=O)C1. The molecular weight excluding hydrogens is 234 g/mol. The van der Waals surface area contributed by atoms with Gasteiger partial charge in [-0.05, 0) is 18.8 Å². The smallest absolute Gasteiger partial charge is 0.407 e. The molecule has 1 rings (SSSR count). The zero-order chi connectivity index (χ0) is 13.5. The van der Waals surface area contributed by atoms with Crippen molar-refractivity contribution in [2.24, 2.45) is 11.7 Å². The third kappa shape index (κ3) is 4.43. The van der Waals surface area contributed by atoms with Gasteiger partial charge < -0.3 is 20.7 Å². The zero-order valence-electron chi connectivity index (χ0n) is 11.1. The van der Waals surface area contributed by atoms with Crippen molar-refractivity contribution in [3.63, 3.8) is 0 Å². The number of primary amides is 1. The number of piperidine rings is 1. The molecule has 1 saturated heterocycles. The third-order valence-corrected chi connectivity index (χ3v) is 3.32. The van der Waals surface area contributed by atoms with Crippen LogP contribution in [0.5, 0.6) is 0 Å². The Morgan fingerprint density at radius 1 is 1.44 bits per heavy atom. The number of hydrogen-bond donors (Lipinski definition) is 2. The lowest BCUT2D eigenvalue weighted by atomic mass is 9.90. The number of rotatable bonds is 4. The molecule has 1 fully saturated rings. The van der Waals surface area contributed by atoms with E-state index in [0.29, 0.717) is 19.0 Å². The van der Waals surface area contributed by atoms with Crippen molar-refractivity contribution in [3.8, 4) is 0 Å². The summed E-state index contributed by atoms with van der Waals surface area (Å²) in [5, 5.41) is 2.75. The number of hydrogen-bond acceptors (Lipinski definition) is 3. The first-order valence-electron chi connectivity index (χ1n) is 6.45. The van der Waals surface area contributed by atoms with Gasteiger partial charge in [-0.1, -0.05) is 19.8 Å². The summed E-state index contributed by atoms with van der Waals surface area (Å²) in [6.07, 6.45) is 3.73. The molecule has 3 N–H and O–H groups in total. The molecule has 3 amide bonds. The molecule has 0 aromatic rings. The quantitative estimate of drug-likeness (QED) is 0.796. The van der Waals surface area contributed by atoms with Crippen molar-refractivity contribution in [2.45, 2.75) is 38.6 Å². The average molecular weight is 257 g/mol. The Labute approximate surface area is 108 Å². The molecule has 1 aliphatic rings. The van der Waals surface area contributed by atoms with Gasteiger partial charge in [0.1, 0.15) is 0 Å². The number of unbranched alkanes of at least 4 members (excludes halogenated alkanes) is 1. The Kier molecular flexibility index (Phi) is 5.74. The number of nitrogens with one attached hydrogen (secondary N) is 1. The van der Waals surface area contributed by atoms with Crippen molar-refractivity contribution in [3.05, 3.63) is 0 Å². The van der Waals surface area contributed by atoms with Gasteiger partial charge in [0, 0.05) is 13.1 Å². The molecule has 0 bridgehead atoms. The molecule has 6 heteroatoms. The van der Waals surface area contributed by atoms with Crippen LogP contribution in [0.15, 0.2) is 0 Å². The maximum Gasteiger partial charge on any atom is 0.407 e. The van der Waals surface area contributed by atoms with Crippen LogP contribution in [0.2, 0.25) is 0 Å². The molecule has 104 valence electrons. The predicted molar refractivity (Wildman–Crippen MR) is 68.1 cm³/mol. The lowest BCUT2D eigenvalue weighted by Gasteiger charge is -2.37. The predicted octanol–water partition coefficient (Wildman–Crippen LogP) is 1.30. The Bertz CT molecular complexity index is 296. The second-order valence-corrected chi connectivity index (χ2v) is 4.82. The van der Waals surface area contributed by atoms with Crippen LogP contribution in [0.25, 0.3) is 0 Å². The number of carbonyl (C=O) groups excluding carboxylic acids is 2. The second kappa shape index (κ2) is 7.08. The minimum absolute atomic E-state index is 0.0689. The van der Waals surface area contributed by atoms with E-state index in [1.807, 2.05) is 0 Å². The molecule has 0 spiro atoms. The number of urea groups is 1. The monoisotopic (exact) mass is 257 g/mol. The van der Waals surface area contributed by atoms with E-state index in [-0.39, 0.29) is 6.04 Å². The Morgan fingerprint density at radius 3 is 2.72 bits per heavy atom. The van der Waals surface area contributed by atoms with Gasteiger partial charge in [-0.25, -0.2) is 9.59 Å². The van der Waals surface area contributed by atoms with Crippen LogP contribution in [0.4, 0.5) is 9.59 Å². The van der Waals surface area contributed by atoms with Crippen LogP contribution >= 0.6 is 0 Å². The fraction of sp³-hybridized carbons (Fsp3) is 0.833. The van der Waals surface area contributed by atoms with Crippen LogP contribution in [-0.2, 0) is 4.74 Å². The fourth-order valence-electron chi connectivity index (χ4n) is 2.42. The highest BCUT2D eigenvalue weighted by molar-refractivity contribution is 5.72. The van der Waals surface area contributed by atoms with Gasteiger partial charge in [-0.2, -0.15) is 0 Å². The highest BCUT2D eigenvalue weighted by Gasteiger charge is 2.29. The number of amides is 3. The summed E-state index contributed by atoms with van der Waals surface area (Å²) in [4.78, 5) is 24.1. The van der Waals surface area contributed by atoms with E-state index in [1.165, 1.54) is 7.11 Å². The molecule has 6 nitrogen and oxygen atoms in total. The van der Waals surface area contributed by atoms with E-state index < -0.39 is 12.1 Å². The van der Waals surface area contributed by atoms with Crippen LogP contribution in [0.1, 0.15) is 32.6 Å². The van der Waals surface area contributed by atoms with E-state index in [2.05, 4.69) is 17.0 Å². The molecule has 18 heavy (non-hydrogen) atoms. The topological polar surface area (TPSA) is 84.7 Å². The number of nitrogens with zero attached hydrogens (tertiary/aromatic N) is 1. The van der Waals surface area contributed by atoms with E-state index >= 15 is 0 Å². The lowest BCUT2D eigenvalue weighted by molar-refractivity contribution is 0.132. The first kappa shape index (κ1) is 14.6. The molecule has 0 aromatic carbocycles. The fourth-order valence-corrected chi connectivity index (χ4v) is 2.42. The van der Waals surface area contributed by atoms with Gasteiger partial charge in [0.25, 0.3) is 0 Å². The minimum atomic E-state index is -0.458. The number of carbonyl (C=O) groups is 2. The van der Waals surface area contributed by atoms with Crippen molar-refractivity contribution in [1.29, 1.82) is 0 Å². The molecule has 1 aliphatic heterocycles. The number of alkyl carbamates (subject to hydrolysis) is 1. The number of likely N-dealkylation sites (tertiary alicyclic amines) is 1. The molecule has 1 heterocycles. The summed E-state index contributed by atoms with van der Waals surface area (Å²) in [6.45, 7) is 3.29. The Balaban J connectivity index is 2.56. The van der Waals surface area contributed by atoms with Crippen molar-refractivity contribution in [1.82, 2.24) is 10.2 Å². The standard InChI is InChI=1S/C12H23N3O3/c1-3-4-5-9-6-10(14-12(17)18-2)8-15(7-9)11(13)16/h9-10H,3-8H2,1-2H3,(H2,13,16)(H,14,17). The lowest BCUT2D eigenvalue weighted by Crippen LogP contribution is -2.53. The van der Waals surface area contributed by atoms with Gasteiger partial charge in [0.15, 0.2) is 0 Å². The summed E-state index contributed by atoms with van der Waals surface area (Å²) < 4.78 is 4.58. The highest BCUT2D eigenvalue weighted by Crippen LogP contribution is 2.22. The number of methoxy groups -OCH3 is 1. The molecule has 0 radical (unpaired) electrons. The summed E-state index contributed by atoms with van der Waals surface area (Å²) in [5.74, 6) is 0.397. The number of ether oxygens (including phenoxy) is 1. The Morgan fingerprint density at radius 2 is 2.17 bits per heavy atom. The molecule has 0 saturated carbocycles. The van der Waals surface area contributed by atoms with Crippen molar-refractivity contribution in [2.75, 3.05) is 20.2 Å². The molecule has 0 aliphatic carbocycles. The molecule has 0 aromatic heterocycles. The minimum Gasteiger partial charge on any atom is -0.453 e. The first-order chi connectivity index (χ1) is 8.56. The van der Waals surface area contributed by atoms with Gasteiger partial charge >= 0.3 is 12.1 Å². The maximum atomic E-state index is 11.3. The van der Waals surface area contributed by atoms with Crippen LogP contribution < -0.4 is 11.1 Å². The molecule has 2 atom stereocenters. The normalized spacial score (nSPS) is 23.6.